The fourth-order valence-electron chi connectivity index (χ4n) is 8.94. The van der Waals surface area contributed by atoms with Gasteiger partial charge in [-0.25, -0.2) is 0 Å². The molecule has 0 aromatic rings. The molecular weight excluding hydrogens is 985 g/mol. The van der Waals surface area contributed by atoms with Crippen molar-refractivity contribution in [3.8, 4) is 0 Å². The lowest BCUT2D eigenvalue weighted by Gasteiger charge is -2.18. The molecule has 0 rings (SSSR count). The second kappa shape index (κ2) is 67.1. The molecule has 0 aliphatic rings. The molecule has 6 nitrogen and oxygen atoms in total. The summed E-state index contributed by atoms with van der Waals surface area (Å²) in [6.07, 6.45) is 94.7. The highest BCUT2D eigenvalue weighted by Crippen LogP contribution is 2.15. The van der Waals surface area contributed by atoms with E-state index in [1.807, 2.05) is 0 Å². The van der Waals surface area contributed by atoms with Crippen molar-refractivity contribution in [3.05, 3.63) is 134 Å². The number of hydrogen-bond donors (Lipinski definition) is 0. The molecule has 0 N–H and O–H groups in total. The summed E-state index contributed by atoms with van der Waals surface area (Å²) in [5.41, 5.74) is 0. The molecule has 0 fully saturated rings. The lowest BCUT2D eigenvalue weighted by atomic mass is 10.1. The third kappa shape index (κ3) is 64.4. The Kier molecular flexibility index (Phi) is 63.3. The van der Waals surface area contributed by atoms with Gasteiger partial charge in [-0.15, -0.1) is 0 Å². The van der Waals surface area contributed by atoms with Crippen molar-refractivity contribution in [1.82, 2.24) is 0 Å². The molecule has 6 heteroatoms. The van der Waals surface area contributed by atoms with Gasteiger partial charge >= 0.3 is 17.9 Å². The fraction of sp³-hybridized carbons (Fsp3) is 0.662. The van der Waals surface area contributed by atoms with Crippen molar-refractivity contribution in [2.45, 2.75) is 303 Å². The molecule has 0 saturated carbocycles. The van der Waals surface area contributed by atoms with Gasteiger partial charge < -0.3 is 14.2 Å². The maximum absolute atomic E-state index is 12.9. The van der Waals surface area contributed by atoms with E-state index in [1.165, 1.54) is 116 Å². The monoisotopic (exact) mass is 1110 g/mol. The van der Waals surface area contributed by atoms with E-state index in [-0.39, 0.29) is 31.1 Å². The molecule has 0 heterocycles. The molecule has 0 bridgehead atoms. The molecule has 1 atom stereocenters. The number of carbonyl (C=O) groups is 3. The van der Waals surface area contributed by atoms with Crippen molar-refractivity contribution < 1.29 is 28.6 Å². The van der Waals surface area contributed by atoms with Gasteiger partial charge in [0.2, 0.25) is 0 Å². The van der Waals surface area contributed by atoms with Crippen molar-refractivity contribution in [2.75, 3.05) is 13.2 Å². The Morgan fingerprint density at radius 3 is 0.762 bits per heavy atom. The van der Waals surface area contributed by atoms with Crippen LogP contribution in [0.4, 0.5) is 0 Å². The first-order chi connectivity index (χ1) is 39.5. The van der Waals surface area contributed by atoms with Crippen molar-refractivity contribution in [1.29, 1.82) is 0 Å². The van der Waals surface area contributed by atoms with Gasteiger partial charge in [-0.2, -0.15) is 0 Å². The average Bonchev–Trinajstić information content (AvgIpc) is 3.46. The zero-order valence-electron chi connectivity index (χ0n) is 52.0. The predicted molar refractivity (Wildman–Crippen MR) is 348 cm³/mol. The number of rotatable bonds is 59. The number of unbranched alkanes of at least 4 members (excludes halogenated alkanes) is 26. The molecule has 0 aromatic heterocycles. The molecule has 0 aliphatic heterocycles. The molecule has 0 radical (unpaired) electrons. The summed E-state index contributed by atoms with van der Waals surface area (Å²) in [6.45, 7) is 6.48. The third-order valence-corrected chi connectivity index (χ3v) is 13.9. The fourth-order valence-corrected chi connectivity index (χ4v) is 8.94. The van der Waals surface area contributed by atoms with Crippen LogP contribution >= 0.6 is 0 Å². The van der Waals surface area contributed by atoms with Crippen molar-refractivity contribution in [3.63, 3.8) is 0 Å². The predicted octanol–water partition coefficient (Wildman–Crippen LogP) is 22.9. The zero-order valence-corrected chi connectivity index (χ0v) is 52.0. The maximum atomic E-state index is 12.9. The van der Waals surface area contributed by atoms with Gasteiger partial charge in [-0.1, -0.05) is 289 Å². The van der Waals surface area contributed by atoms with Crippen LogP contribution in [0.15, 0.2) is 134 Å². The van der Waals surface area contributed by atoms with Crippen LogP contribution in [0.5, 0.6) is 0 Å². The van der Waals surface area contributed by atoms with E-state index in [0.717, 1.165) is 141 Å². The van der Waals surface area contributed by atoms with E-state index < -0.39 is 6.10 Å². The van der Waals surface area contributed by atoms with Gasteiger partial charge in [0.1, 0.15) is 13.2 Å². The third-order valence-electron chi connectivity index (χ3n) is 13.9. The molecule has 80 heavy (non-hydrogen) atoms. The van der Waals surface area contributed by atoms with Gasteiger partial charge in [0.15, 0.2) is 6.10 Å². The van der Waals surface area contributed by atoms with E-state index in [4.69, 9.17) is 14.2 Å². The average molecular weight is 1110 g/mol. The highest BCUT2D eigenvalue weighted by molar-refractivity contribution is 5.71. The zero-order chi connectivity index (χ0) is 57.8. The summed E-state index contributed by atoms with van der Waals surface area (Å²) in [4.78, 5) is 38.2. The van der Waals surface area contributed by atoms with E-state index in [9.17, 15) is 14.4 Å². The van der Waals surface area contributed by atoms with Crippen LogP contribution in [0.1, 0.15) is 297 Å². The van der Waals surface area contributed by atoms with Gasteiger partial charge in [-0.3, -0.25) is 14.4 Å². The topological polar surface area (TPSA) is 78.9 Å². The Balaban J connectivity index is 4.25. The summed E-state index contributed by atoms with van der Waals surface area (Å²) < 4.78 is 16.9. The molecule has 1 unspecified atom stereocenters. The second-order valence-electron chi connectivity index (χ2n) is 21.6. The van der Waals surface area contributed by atoms with Crippen LogP contribution in [0.25, 0.3) is 0 Å². The Labute approximate surface area is 494 Å². The van der Waals surface area contributed by atoms with Crippen LogP contribution in [-0.4, -0.2) is 37.2 Å². The van der Waals surface area contributed by atoms with E-state index in [1.54, 1.807) is 0 Å². The summed E-state index contributed by atoms with van der Waals surface area (Å²) >= 11 is 0. The number of esters is 3. The van der Waals surface area contributed by atoms with Crippen molar-refractivity contribution in [2.24, 2.45) is 0 Å². The quantitative estimate of drug-likeness (QED) is 0.0261. The van der Waals surface area contributed by atoms with Crippen LogP contribution in [-0.2, 0) is 28.6 Å². The summed E-state index contributed by atoms with van der Waals surface area (Å²) in [6, 6.07) is 0. The molecular formula is C74H122O6. The number of ether oxygens (including phenoxy) is 3. The first-order valence-corrected chi connectivity index (χ1v) is 33.2. The lowest BCUT2D eigenvalue weighted by Crippen LogP contribution is -2.30. The Hall–Kier alpha value is -4.45. The van der Waals surface area contributed by atoms with Crippen molar-refractivity contribution >= 4 is 17.9 Å². The largest absolute Gasteiger partial charge is 0.462 e. The first-order valence-electron chi connectivity index (χ1n) is 33.2. The minimum atomic E-state index is -0.791. The standard InChI is InChI=1S/C74H122O6/c1-4-7-10-13-16-19-21-23-25-27-29-31-33-34-35-36-37-38-39-40-42-43-45-47-49-51-53-55-58-61-64-67-73(76)79-70-71(69-78-72(75)66-63-60-57-18-15-12-9-6-3)80-74(77)68-65-62-59-56-54-52-50-48-46-44-41-32-30-28-26-24-22-20-17-14-11-8-5-2/h7,10,16,19,22-25,28-31,34-35,37-38,40-42,44-45,47,71H,4-6,8-9,11-15,17-18,20-21,26-27,32-33,36,39,43,46,48-70H2,1-3H3/b10-7-,19-16-,24-22-,25-23-,30-28-,31-29-,35-34-,38-37-,42-40-,44-41-,47-45-. The molecule has 0 spiro atoms. The Morgan fingerprint density at radius 2 is 0.487 bits per heavy atom. The van der Waals surface area contributed by atoms with E-state index in [0.29, 0.717) is 19.3 Å². The lowest BCUT2D eigenvalue weighted by molar-refractivity contribution is -0.167. The number of carbonyl (C=O) groups excluding carboxylic acids is 3. The summed E-state index contributed by atoms with van der Waals surface area (Å²) in [5.74, 6) is -0.912. The normalized spacial score (nSPS) is 13.0. The Bertz CT molecular complexity index is 1700. The van der Waals surface area contributed by atoms with Gasteiger partial charge in [0.05, 0.1) is 0 Å². The first kappa shape index (κ1) is 75.5. The SMILES string of the molecule is CC/C=C\C/C=C\C/C=C\C/C=C\C/C=C\C/C=C\C/C=C\C/C=C\CCCCCCCCC(=O)OCC(COC(=O)CCCCCCCCCC)OC(=O)CCCCCCCCCC/C=C\C/C=C\C/C=C\CCCCCCC. The minimum Gasteiger partial charge on any atom is -0.462 e. The van der Waals surface area contributed by atoms with Crippen LogP contribution in [0, 0.1) is 0 Å². The smallest absolute Gasteiger partial charge is 0.306 e. The maximum Gasteiger partial charge on any atom is 0.306 e. The highest BCUT2D eigenvalue weighted by atomic mass is 16.6. The second-order valence-corrected chi connectivity index (χ2v) is 21.6. The molecule has 0 saturated heterocycles. The molecule has 454 valence electrons. The van der Waals surface area contributed by atoms with Gasteiger partial charge in [0, 0.05) is 19.3 Å². The molecule has 0 amide bonds. The molecule has 0 aromatic carbocycles. The number of hydrogen-bond acceptors (Lipinski definition) is 6. The van der Waals surface area contributed by atoms with E-state index >= 15 is 0 Å². The number of allylic oxidation sites excluding steroid dienone is 22. The van der Waals surface area contributed by atoms with E-state index in [2.05, 4.69) is 154 Å². The summed E-state index contributed by atoms with van der Waals surface area (Å²) in [5, 5.41) is 0. The van der Waals surface area contributed by atoms with Gasteiger partial charge in [0.25, 0.3) is 0 Å². The minimum absolute atomic E-state index is 0.0874. The van der Waals surface area contributed by atoms with Crippen LogP contribution in [0.3, 0.4) is 0 Å². The van der Waals surface area contributed by atoms with Gasteiger partial charge in [-0.05, 0) is 122 Å². The van der Waals surface area contributed by atoms with Crippen LogP contribution < -0.4 is 0 Å². The summed E-state index contributed by atoms with van der Waals surface area (Å²) in [7, 11) is 0. The molecule has 0 aliphatic carbocycles. The van der Waals surface area contributed by atoms with Crippen LogP contribution in [0.2, 0.25) is 0 Å². The Morgan fingerprint density at radius 1 is 0.263 bits per heavy atom. The highest BCUT2D eigenvalue weighted by Gasteiger charge is 2.19.